The van der Waals surface area contributed by atoms with Crippen LogP contribution in [0.15, 0.2) is 30.9 Å². The van der Waals surface area contributed by atoms with Gasteiger partial charge in [0.05, 0.1) is 26.2 Å². The van der Waals surface area contributed by atoms with Gasteiger partial charge in [0, 0.05) is 31.5 Å². The number of nitrogens with one attached hydrogen (secondary N) is 1. The molecule has 3 aromatic rings. The Morgan fingerprint density at radius 2 is 2.14 bits per heavy atom. The molecule has 0 bridgehead atoms. The molecule has 0 spiro atoms. The Hall–Kier alpha value is -3.20. The number of methoxy groups -OCH3 is 1. The van der Waals surface area contributed by atoms with Gasteiger partial charge < -0.3 is 24.6 Å². The fourth-order valence-electron chi connectivity index (χ4n) is 3.52. The number of aliphatic hydroxyl groups excluding tert-OH is 1. The number of hydrogen-bond acceptors (Lipinski definition) is 8. The number of anilines is 2. The SMILES string of the molecule is COc1ccc(NC(O)CN(C)c2nc(-c3cn(C)cn3)nc3c2CCC3)nc1. The van der Waals surface area contributed by atoms with Crippen LogP contribution in [-0.4, -0.2) is 56.5 Å². The molecule has 1 aliphatic rings. The number of nitrogens with zero attached hydrogens (tertiary/aromatic N) is 6. The average molecular weight is 395 g/mol. The van der Waals surface area contributed by atoms with E-state index in [2.05, 4.69) is 15.3 Å². The number of fused-ring (bicyclic) bond motifs is 1. The number of pyridine rings is 1. The van der Waals surface area contributed by atoms with Gasteiger partial charge in [0.2, 0.25) is 0 Å². The van der Waals surface area contributed by atoms with Gasteiger partial charge in [-0.25, -0.2) is 19.9 Å². The van der Waals surface area contributed by atoms with Crippen LogP contribution >= 0.6 is 0 Å². The van der Waals surface area contributed by atoms with Gasteiger partial charge in [0.1, 0.15) is 29.3 Å². The number of aryl methyl sites for hydroxylation is 2. The highest BCUT2D eigenvalue weighted by Crippen LogP contribution is 2.30. The molecule has 2 N–H and O–H groups in total. The molecule has 1 unspecified atom stereocenters. The van der Waals surface area contributed by atoms with Crippen molar-refractivity contribution in [1.29, 1.82) is 0 Å². The van der Waals surface area contributed by atoms with Gasteiger partial charge in [-0.15, -0.1) is 0 Å². The van der Waals surface area contributed by atoms with E-state index in [1.54, 1.807) is 31.8 Å². The first-order valence-corrected chi connectivity index (χ1v) is 9.57. The molecule has 0 saturated heterocycles. The second-order valence-corrected chi connectivity index (χ2v) is 7.20. The monoisotopic (exact) mass is 395 g/mol. The van der Waals surface area contributed by atoms with E-state index in [9.17, 15) is 5.11 Å². The largest absolute Gasteiger partial charge is 0.495 e. The zero-order chi connectivity index (χ0) is 20.4. The predicted molar refractivity (Wildman–Crippen MR) is 110 cm³/mol. The molecule has 3 aromatic heterocycles. The number of aromatic nitrogens is 5. The Kier molecular flexibility index (Phi) is 5.30. The minimum atomic E-state index is -0.814. The second-order valence-electron chi connectivity index (χ2n) is 7.20. The Labute approximate surface area is 169 Å². The Balaban J connectivity index is 1.52. The van der Waals surface area contributed by atoms with Crippen molar-refractivity contribution in [3.63, 3.8) is 0 Å². The standard InChI is InChI=1S/C20H25N7O2/c1-26-10-16(22-12-26)19-23-15-6-4-5-14(15)20(25-19)27(2)11-18(28)24-17-8-7-13(29-3)9-21-17/h7-10,12,18,28H,4-6,11H2,1-3H3,(H,21,24). The van der Waals surface area contributed by atoms with Crippen LogP contribution in [0.3, 0.4) is 0 Å². The summed E-state index contributed by atoms with van der Waals surface area (Å²) in [7, 11) is 5.44. The highest BCUT2D eigenvalue weighted by molar-refractivity contribution is 5.58. The third kappa shape index (κ3) is 4.14. The van der Waals surface area contributed by atoms with E-state index in [-0.39, 0.29) is 0 Å². The molecular weight excluding hydrogens is 370 g/mol. The van der Waals surface area contributed by atoms with Crippen LogP contribution in [0.1, 0.15) is 17.7 Å². The van der Waals surface area contributed by atoms with E-state index >= 15 is 0 Å². The number of hydrogen-bond donors (Lipinski definition) is 2. The Morgan fingerprint density at radius 3 is 2.83 bits per heavy atom. The Bertz CT molecular complexity index is 987. The normalized spacial score (nSPS) is 13.8. The maximum Gasteiger partial charge on any atom is 0.182 e. The molecule has 0 amide bonds. The minimum Gasteiger partial charge on any atom is -0.495 e. The zero-order valence-electron chi connectivity index (χ0n) is 16.8. The number of aliphatic hydroxyl groups is 1. The lowest BCUT2D eigenvalue weighted by Gasteiger charge is -2.25. The van der Waals surface area contributed by atoms with Crippen LogP contribution in [0.4, 0.5) is 11.6 Å². The molecule has 0 fully saturated rings. The van der Waals surface area contributed by atoms with Gasteiger partial charge in [0.15, 0.2) is 5.82 Å². The summed E-state index contributed by atoms with van der Waals surface area (Å²) in [5.41, 5.74) is 2.97. The number of rotatable bonds is 7. The third-order valence-electron chi connectivity index (χ3n) is 4.94. The van der Waals surface area contributed by atoms with Crippen molar-refractivity contribution >= 4 is 11.6 Å². The van der Waals surface area contributed by atoms with Crippen LogP contribution in [0.2, 0.25) is 0 Å². The molecule has 1 aliphatic carbocycles. The topological polar surface area (TPSA) is 101 Å². The van der Waals surface area contributed by atoms with Crippen LogP contribution in [0.25, 0.3) is 11.5 Å². The molecule has 9 nitrogen and oxygen atoms in total. The average Bonchev–Trinajstić information content (AvgIpc) is 3.36. The van der Waals surface area contributed by atoms with Crippen LogP contribution in [0.5, 0.6) is 5.75 Å². The fourth-order valence-corrected chi connectivity index (χ4v) is 3.52. The number of imidazole rings is 1. The molecule has 4 rings (SSSR count). The first-order valence-electron chi connectivity index (χ1n) is 9.57. The van der Waals surface area contributed by atoms with Crippen molar-refractivity contribution in [2.24, 2.45) is 7.05 Å². The minimum absolute atomic E-state index is 0.346. The lowest BCUT2D eigenvalue weighted by atomic mass is 10.2. The lowest BCUT2D eigenvalue weighted by molar-refractivity contribution is 0.209. The summed E-state index contributed by atoms with van der Waals surface area (Å²) in [4.78, 5) is 20.1. The first kappa shape index (κ1) is 19.1. The maximum atomic E-state index is 10.5. The van der Waals surface area contributed by atoms with Gasteiger partial charge in [-0.05, 0) is 31.4 Å². The summed E-state index contributed by atoms with van der Waals surface area (Å²) >= 11 is 0. The molecule has 0 aliphatic heterocycles. The fraction of sp³-hybridized carbons (Fsp3) is 0.400. The molecule has 152 valence electrons. The number of likely N-dealkylation sites (N-methyl/N-ethyl adjacent to an activating group) is 1. The van der Waals surface area contributed by atoms with Crippen LogP contribution in [-0.2, 0) is 19.9 Å². The van der Waals surface area contributed by atoms with Gasteiger partial charge in [0.25, 0.3) is 0 Å². The molecule has 0 saturated carbocycles. The van der Waals surface area contributed by atoms with Crippen molar-refractivity contribution in [3.05, 3.63) is 42.1 Å². The lowest BCUT2D eigenvalue weighted by Crippen LogP contribution is -2.35. The predicted octanol–water partition coefficient (Wildman–Crippen LogP) is 1.64. The number of ether oxygens (including phenoxy) is 1. The molecule has 9 heteroatoms. The smallest absolute Gasteiger partial charge is 0.182 e. The second kappa shape index (κ2) is 8.04. The summed E-state index contributed by atoms with van der Waals surface area (Å²) in [5, 5.41) is 13.5. The molecule has 29 heavy (non-hydrogen) atoms. The molecular formula is C20H25N7O2. The molecule has 0 radical (unpaired) electrons. The summed E-state index contributed by atoms with van der Waals surface area (Å²) in [6, 6.07) is 3.56. The molecule has 1 atom stereocenters. The third-order valence-corrected chi connectivity index (χ3v) is 4.94. The van der Waals surface area contributed by atoms with E-state index in [1.807, 2.05) is 29.8 Å². The van der Waals surface area contributed by atoms with Crippen LogP contribution < -0.4 is 15.0 Å². The van der Waals surface area contributed by atoms with Crippen LogP contribution in [0, 0.1) is 0 Å². The molecule has 0 aromatic carbocycles. The van der Waals surface area contributed by atoms with Crippen molar-refractivity contribution < 1.29 is 9.84 Å². The summed E-state index contributed by atoms with van der Waals surface area (Å²) in [5.74, 6) is 2.71. The van der Waals surface area contributed by atoms with Gasteiger partial charge >= 0.3 is 0 Å². The summed E-state index contributed by atoms with van der Waals surface area (Å²) in [6.45, 7) is 0.346. The Morgan fingerprint density at radius 1 is 1.28 bits per heavy atom. The van der Waals surface area contributed by atoms with Gasteiger partial charge in [-0.1, -0.05) is 0 Å². The summed E-state index contributed by atoms with van der Waals surface area (Å²) < 4.78 is 6.99. The van der Waals surface area contributed by atoms with Gasteiger partial charge in [-0.3, -0.25) is 0 Å². The van der Waals surface area contributed by atoms with E-state index in [4.69, 9.17) is 14.7 Å². The van der Waals surface area contributed by atoms with Crippen molar-refractivity contribution in [1.82, 2.24) is 24.5 Å². The maximum absolute atomic E-state index is 10.5. The van der Waals surface area contributed by atoms with Gasteiger partial charge in [-0.2, -0.15) is 0 Å². The van der Waals surface area contributed by atoms with E-state index in [0.717, 1.165) is 42.0 Å². The zero-order valence-corrected chi connectivity index (χ0v) is 16.8. The quantitative estimate of drug-likeness (QED) is 0.582. The van der Waals surface area contributed by atoms with E-state index in [1.165, 1.54) is 0 Å². The van der Waals surface area contributed by atoms with E-state index in [0.29, 0.717) is 23.9 Å². The summed E-state index contributed by atoms with van der Waals surface area (Å²) in [6.07, 6.45) is 7.39. The molecule has 3 heterocycles. The van der Waals surface area contributed by atoms with Crippen molar-refractivity contribution in [2.45, 2.75) is 25.5 Å². The van der Waals surface area contributed by atoms with Crippen molar-refractivity contribution in [3.8, 4) is 17.3 Å². The highest BCUT2D eigenvalue weighted by Gasteiger charge is 2.23. The van der Waals surface area contributed by atoms with Crippen molar-refractivity contribution in [2.75, 3.05) is 30.9 Å². The highest BCUT2D eigenvalue weighted by atomic mass is 16.5. The first-order chi connectivity index (χ1) is 14.0. The van der Waals surface area contributed by atoms with E-state index < -0.39 is 6.23 Å².